The number of hydrogen-bond acceptors (Lipinski definition) is 2. The Morgan fingerprint density at radius 2 is 1.75 bits per heavy atom. The van der Waals surface area contributed by atoms with Gasteiger partial charge in [0.15, 0.2) is 5.82 Å². The Bertz CT molecular complexity index is 884. The van der Waals surface area contributed by atoms with Gasteiger partial charge in [0.25, 0.3) is 0 Å². The number of halogens is 1. The van der Waals surface area contributed by atoms with Crippen LogP contribution in [0.25, 0.3) is 5.69 Å². The van der Waals surface area contributed by atoms with Gasteiger partial charge in [-0.25, -0.2) is 4.68 Å². The van der Waals surface area contributed by atoms with Gasteiger partial charge in [-0.2, -0.15) is 5.10 Å². The highest BCUT2D eigenvalue weighted by molar-refractivity contribution is 6.32. The number of anilines is 1. The summed E-state index contributed by atoms with van der Waals surface area (Å²) in [5.41, 5.74) is 1.33. The summed E-state index contributed by atoms with van der Waals surface area (Å²) < 4.78 is 1.74. The lowest BCUT2D eigenvalue weighted by Gasteiger charge is -2.16. The van der Waals surface area contributed by atoms with Crippen molar-refractivity contribution in [1.82, 2.24) is 9.78 Å². The van der Waals surface area contributed by atoms with Gasteiger partial charge in [0.05, 0.1) is 11.1 Å². The van der Waals surface area contributed by atoms with E-state index in [1.165, 1.54) is 0 Å². The van der Waals surface area contributed by atoms with Crippen molar-refractivity contribution in [3.8, 4) is 5.69 Å². The second-order valence-corrected chi connectivity index (χ2v) is 6.40. The fourth-order valence-corrected chi connectivity index (χ4v) is 3.26. The molecule has 0 aliphatic heterocycles. The normalized spacial score (nSPS) is 15.0. The van der Waals surface area contributed by atoms with Gasteiger partial charge >= 0.3 is 0 Å². The number of aromatic nitrogens is 2. The summed E-state index contributed by atoms with van der Waals surface area (Å²) >= 11 is 6.28. The van der Waals surface area contributed by atoms with Gasteiger partial charge in [-0.1, -0.05) is 48.0 Å². The summed E-state index contributed by atoms with van der Waals surface area (Å²) in [6, 6.07) is 19.1. The minimum Gasteiger partial charge on any atom is -0.308 e. The molecule has 1 N–H and O–H groups in total. The maximum atomic E-state index is 12.8. The zero-order valence-corrected chi connectivity index (χ0v) is 13.7. The number of amides is 1. The molecule has 24 heavy (non-hydrogen) atoms. The molecule has 1 fully saturated rings. The average Bonchev–Trinajstić information content (AvgIpc) is 3.29. The van der Waals surface area contributed by atoms with Crippen LogP contribution in [0.4, 0.5) is 5.82 Å². The predicted molar refractivity (Wildman–Crippen MR) is 94.6 cm³/mol. The number of nitrogens with one attached hydrogen (secondary N) is 1. The van der Waals surface area contributed by atoms with E-state index in [9.17, 15) is 4.79 Å². The zero-order valence-electron chi connectivity index (χ0n) is 12.9. The van der Waals surface area contributed by atoms with Crippen molar-refractivity contribution in [3.63, 3.8) is 0 Å². The van der Waals surface area contributed by atoms with Crippen LogP contribution in [0.5, 0.6) is 0 Å². The van der Waals surface area contributed by atoms with Gasteiger partial charge in [0.2, 0.25) is 5.91 Å². The Morgan fingerprint density at radius 3 is 2.46 bits per heavy atom. The van der Waals surface area contributed by atoms with Crippen LogP contribution in [0.15, 0.2) is 66.9 Å². The Hall–Kier alpha value is -2.59. The van der Waals surface area contributed by atoms with Gasteiger partial charge in [-0.3, -0.25) is 4.79 Å². The van der Waals surface area contributed by atoms with Crippen molar-refractivity contribution in [1.29, 1.82) is 0 Å². The van der Waals surface area contributed by atoms with Crippen LogP contribution < -0.4 is 5.32 Å². The van der Waals surface area contributed by atoms with E-state index in [0.717, 1.165) is 24.1 Å². The molecule has 1 aliphatic carbocycles. The fraction of sp³-hybridized carbons (Fsp3) is 0.158. The van der Waals surface area contributed by atoms with Crippen molar-refractivity contribution in [3.05, 3.63) is 77.4 Å². The van der Waals surface area contributed by atoms with Crippen LogP contribution in [0.2, 0.25) is 5.02 Å². The van der Waals surface area contributed by atoms with Gasteiger partial charge in [-0.05, 0) is 36.6 Å². The maximum Gasteiger partial charge on any atom is 0.236 e. The highest BCUT2D eigenvalue weighted by Crippen LogP contribution is 2.51. The van der Waals surface area contributed by atoms with Crippen LogP contribution in [-0.4, -0.2) is 15.7 Å². The quantitative estimate of drug-likeness (QED) is 0.775. The smallest absolute Gasteiger partial charge is 0.236 e. The van der Waals surface area contributed by atoms with Crippen molar-refractivity contribution in [2.75, 3.05) is 5.32 Å². The molecule has 0 unspecified atom stereocenters. The van der Waals surface area contributed by atoms with Crippen molar-refractivity contribution in [2.24, 2.45) is 0 Å². The summed E-state index contributed by atoms with van der Waals surface area (Å²) in [4.78, 5) is 12.8. The van der Waals surface area contributed by atoms with Gasteiger partial charge < -0.3 is 5.32 Å². The number of rotatable bonds is 4. The molecule has 1 aliphatic rings. The lowest BCUT2D eigenvalue weighted by molar-refractivity contribution is -0.118. The zero-order chi connectivity index (χ0) is 16.6. The molecule has 1 aromatic heterocycles. The Balaban J connectivity index is 1.55. The largest absolute Gasteiger partial charge is 0.308 e. The van der Waals surface area contributed by atoms with Gasteiger partial charge in [-0.15, -0.1) is 0 Å². The lowest BCUT2D eigenvalue weighted by Crippen LogP contribution is -2.28. The third-order valence-corrected chi connectivity index (χ3v) is 4.76. The molecule has 4 nitrogen and oxygen atoms in total. The van der Waals surface area contributed by atoms with E-state index in [1.807, 2.05) is 60.8 Å². The summed E-state index contributed by atoms with van der Waals surface area (Å²) in [6.45, 7) is 0. The Kier molecular flexibility index (Phi) is 3.62. The number of benzene rings is 2. The first-order valence-corrected chi connectivity index (χ1v) is 8.24. The molecular formula is C19H16ClN3O. The minimum absolute atomic E-state index is 0.0473. The number of para-hydroxylation sites is 1. The monoisotopic (exact) mass is 337 g/mol. The molecule has 1 heterocycles. The van der Waals surface area contributed by atoms with E-state index in [4.69, 9.17) is 11.6 Å². The van der Waals surface area contributed by atoms with E-state index >= 15 is 0 Å². The molecule has 1 amide bonds. The third-order valence-electron chi connectivity index (χ3n) is 4.43. The van der Waals surface area contributed by atoms with Crippen LogP contribution in [0, 0.1) is 0 Å². The average molecular weight is 338 g/mol. The first kappa shape index (κ1) is 15.0. The second-order valence-electron chi connectivity index (χ2n) is 6.00. The van der Waals surface area contributed by atoms with Gasteiger partial charge in [0.1, 0.15) is 0 Å². The molecular weight excluding hydrogens is 322 g/mol. The molecule has 0 spiro atoms. The number of carbonyl (C=O) groups is 1. The number of hydrogen-bond donors (Lipinski definition) is 1. The third kappa shape index (κ3) is 2.59. The summed E-state index contributed by atoms with van der Waals surface area (Å²) in [5, 5.41) is 8.00. The van der Waals surface area contributed by atoms with E-state index < -0.39 is 5.41 Å². The molecule has 0 bridgehead atoms. The minimum atomic E-state index is -0.519. The Morgan fingerprint density at radius 1 is 1.04 bits per heavy atom. The number of nitrogens with zero attached hydrogens (tertiary/aromatic N) is 2. The molecule has 1 saturated carbocycles. The van der Waals surface area contributed by atoms with E-state index in [-0.39, 0.29) is 5.91 Å². The lowest BCUT2D eigenvalue weighted by atomic mass is 9.95. The summed E-state index contributed by atoms with van der Waals surface area (Å²) in [6.07, 6.45) is 3.45. The van der Waals surface area contributed by atoms with Crippen LogP contribution in [-0.2, 0) is 10.2 Å². The van der Waals surface area contributed by atoms with Crippen LogP contribution >= 0.6 is 11.6 Å². The highest BCUT2D eigenvalue weighted by Gasteiger charge is 2.52. The molecule has 120 valence electrons. The Labute approximate surface area is 145 Å². The maximum absolute atomic E-state index is 12.8. The molecule has 4 rings (SSSR count). The first-order valence-electron chi connectivity index (χ1n) is 7.87. The number of carbonyl (C=O) groups excluding carboxylic acids is 1. The van der Waals surface area contributed by atoms with E-state index in [1.54, 1.807) is 10.7 Å². The summed E-state index contributed by atoms with van der Waals surface area (Å²) in [5.74, 6) is 0.496. The van der Waals surface area contributed by atoms with Crippen LogP contribution in [0.3, 0.4) is 0 Å². The summed E-state index contributed by atoms with van der Waals surface area (Å²) in [7, 11) is 0. The van der Waals surface area contributed by atoms with E-state index in [0.29, 0.717) is 10.8 Å². The molecule has 0 radical (unpaired) electrons. The van der Waals surface area contributed by atoms with Crippen molar-refractivity contribution >= 4 is 23.3 Å². The molecule has 3 aromatic rings. The van der Waals surface area contributed by atoms with Crippen LogP contribution in [0.1, 0.15) is 18.4 Å². The molecule has 5 heteroatoms. The molecule has 2 aromatic carbocycles. The van der Waals surface area contributed by atoms with Crippen molar-refractivity contribution < 1.29 is 4.79 Å². The fourth-order valence-electron chi connectivity index (χ4n) is 2.94. The van der Waals surface area contributed by atoms with E-state index in [2.05, 4.69) is 10.4 Å². The molecule has 0 saturated heterocycles. The topological polar surface area (TPSA) is 46.9 Å². The standard InChI is InChI=1S/C19H16ClN3O/c20-16-9-5-4-8-15(16)19(11-12-19)18(24)21-17-10-13-23(22-17)14-6-2-1-3-7-14/h1-10,13H,11-12H2,(H,21,22,24). The van der Waals surface area contributed by atoms with Gasteiger partial charge in [0, 0.05) is 17.3 Å². The highest BCUT2D eigenvalue weighted by atomic mass is 35.5. The predicted octanol–water partition coefficient (Wildman–Crippen LogP) is 4.20. The SMILES string of the molecule is O=C(Nc1ccn(-c2ccccc2)n1)C1(c2ccccc2Cl)CC1. The molecule has 0 atom stereocenters. The van der Waals surface area contributed by atoms with Crippen molar-refractivity contribution in [2.45, 2.75) is 18.3 Å². The second kappa shape index (κ2) is 5.80. The first-order chi connectivity index (χ1) is 11.7.